The van der Waals surface area contributed by atoms with Crippen molar-refractivity contribution in [3.8, 4) is 0 Å². The van der Waals surface area contributed by atoms with Gasteiger partial charge in [-0.15, -0.1) is 0 Å². The van der Waals surface area contributed by atoms with E-state index < -0.39 is 8.32 Å². The Bertz CT molecular complexity index is 413. The Morgan fingerprint density at radius 3 is 2.43 bits per heavy atom. The van der Waals surface area contributed by atoms with Gasteiger partial charge in [-0.2, -0.15) is 0 Å². The maximum atomic E-state index is 10.3. The van der Waals surface area contributed by atoms with Gasteiger partial charge in [0, 0.05) is 6.61 Å². The van der Waals surface area contributed by atoms with Crippen LogP contribution in [0.25, 0.3) is 0 Å². The zero-order valence-corrected chi connectivity index (χ0v) is 15.1. The Hall–Kier alpha value is -0.933. The van der Waals surface area contributed by atoms with Crippen LogP contribution >= 0.6 is 0 Å². The van der Waals surface area contributed by atoms with E-state index in [-0.39, 0.29) is 5.04 Å². The van der Waals surface area contributed by atoms with Crippen LogP contribution in [0.1, 0.15) is 33.6 Å². The summed E-state index contributed by atoms with van der Waals surface area (Å²) in [5.74, 6) is 1.06. The third-order valence-corrected chi connectivity index (χ3v) is 9.24. The zero-order valence-electron chi connectivity index (χ0n) is 14.1. The van der Waals surface area contributed by atoms with Gasteiger partial charge in [0.2, 0.25) is 0 Å². The standard InChI is InChI=1S/C18H30O2Si/c1-18(2,3)21(4,5)20-15-17-13-9-8-12-16(17)11-7-6-10-14-19/h6-11,14,16-17H,12-13,15H2,1-5H3/b10-6+,11-7+/t16-,17-/m0/s1. The molecule has 0 unspecified atom stereocenters. The summed E-state index contributed by atoms with van der Waals surface area (Å²) in [6, 6.07) is 0. The largest absolute Gasteiger partial charge is 0.417 e. The lowest BCUT2D eigenvalue weighted by Gasteiger charge is -2.38. The maximum Gasteiger partial charge on any atom is 0.191 e. The van der Waals surface area contributed by atoms with Gasteiger partial charge in [0.25, 0.3) is 0 Å². The Labute approximate surface area is 131 Å². The number of hydrogen-bond acceptors (Lipinski definition) is 2. The van der Waals surface area contributed by atoms with Crippen LogP contribution in [0.5, 0.6) is 0 Å². The van der Waals surface area contributed by atoms with Gasteiger partial charge in [0.05, 0.1) is 0 Å². The summed E-state index contributed by atoms with van der Waals surface area (Å²) in [6.45, 7) is 12.3. The molecule has 0 bridgehead atoms. The molecule has 0 aromatic carbocycles. The van der Waals surface area contributed by atoms with Crippen LogP contribution < -0.4 is 0 Å². The van der Waals surface area contributed by atoms with Crippen molar-refractivity contribution >= 4 is 14.6 Å². The Morgan fingerprint density at radius 1 is 1.14 bits per heavy atom. The summed E-state index contributed by atoms with van der Waals surface area (Å²) in [7, 11) is -1.67. The molecule has 0 aliphatic heterocycles. The lowest BCUT2D eigenvalue weighted by atomic mass is 9.83. The van der Waals surface area contributed by atoms with E-state index in [1.165, 1.54) is 6.08 Å². The molecule has 118 valence electrons. The fourth-order valence-electron chi connectivity index (χ4n) is 2.17. The molecule has 1 aliphatic rings. The third kappa shape index (κ3) is 5.75. The van der Waals surface area contributed by atoms with Crippen molar-refractivity contribution in [2.75, 3.05) is 6.61 Å². The predicted octanol–water partition coefficient (Wildman–Crippen LogP) is 4.90. The van der Waals surface area contributed by atoms with Crippen LogP contribution in [-0.4, -0.2) is 21.2 Å². The second-order valence-electron chi connectivity index (χ2n) is 7.34. The van der Waals surface area contributed by atoms with Crippen molar-refractivity contribution in [1.29, 1.82) is 0 Å². The quantitative estimate of drug-likeness (QED) is 0.229. The van der Waals surface area contributed by atoms with Crippen molar-refractivity contribution in [2.24, 2.45) is 11.8 Å². The van der Waals surface area contributed by atoms with Gasteiger partial charge in [-0.05, 0) is 48.9 Å². The molecule has 2 atom stereocenters. The first kappa shape index (κ1) is 18.1. The molecule has 21 heavy (non-hydrogen) atoms. The molecule has 3 heteroatoms. The van der Waals surface area contributed by atoms with Crippen LogP contribution in [0, 0.1) is 11.8 Å². The molecule has 2 nitrogen and oxygen atoms in total. The third-order valence-electron chi connectivity index (χ3n) is 4.74. The average molecular weight is 307 g/mol. The highest BCUT2D eigenvalue weighted by molar-refractivity contribution is 6.74. The molecule has 0 fully saturated rings. The van der Waals surface area contributed by atoms with Gasteiger partial charge in [-0.3, -0.25) is 4.79 Å². The van der Waals surface area contributed by atoms with Crippen LogP contribution in [0.2, 0.25) is 18.1 Å². The number of allylic oxidation sites excluding steroid dienone is 6. The van der Waals surface area contributed by atoms with E-state index >= 15 is 0 Å². The Morgan fingerprint density at radius 2 is 1.81 bits per heavy atom. The van der Waals surface area contributed by atoms with E-state index in [1.54, 1.807) is 6.08 Å². The molecule has 0 amide bonds. The first-order valence-corrected chi connectivity index (χ1v) is 10.8. The van der Waals surface area contributed by atoms with Gasteiger partial charge >= 0.3 is 0 Å². The first-order chi connectivity index (χ1) is 9.78. The second-order valence-corrected chi connectivity index (χ2v) is 12.2. The van der Waals surface area contributed by atoms with Crippen LogP contribution in [-0.2, 0) is 9.22 Å². The van der Waals surface area contributed by atoms with Gasteiger partial charge < -0.3 is 4.43 Å². The van der Waals surface area contributed by atoms with E-state index in [9.17, 15) is 4.79 Å². The molecule has 1 aliphatic carbocycles. The molecule has 0 heterocycles. The normalized spacial score (nSPS) is 24.0. The van der Waals surface area contributed by atoms with Crippen molar-refractivity contribution in [2.45, 2.75) is 51.7 Å². The summed E-state index contributed by atoms with van der Waals surface area (Å²) in [6.07, 6.45) is 15.0. The molecule has 0 radical (unpaired) electrons. The summed E-state index contributed by atoms with van der Waals surface area (Å²) in [5, 5.41) is 0.259. The SMILES string of the molecule is CC(C)(C)[Si](C)(C)OC[C@@H]1CC=CC[C@@H]1/C=C/C=C/C=O. The number of carbonyl (C=O) groups is 1. The van der Waals surface area contributed by atoms with Crippen LogP contribution in [0.15, 0.2) is 36.5 Å². The molecule has 1 rings (SSSR count). The molecule has 0 saturated heterocycles. The summed E-state index contributed by atoms with van der Waals surface area (Å²) < 4.78 is 6.39. The predicted molar refractivity (Wildman–Crippen MR) is 92.8 cm³/mol. The lowest BCUT2D eigenvalue weighted by molar-refractivity contribution is -0.104. The summed E-state index contributed by atoms with van der Waals surface area (Å²) in [5.41, 5.74) is 0. The smallest absolute Gasteiger partial charge is 0.191 e. The van der Waals surface area contributed by atoms with Gasteiger partial charge in [-0.1, -0.05) is 51.2 Å². The fourth-order valence-corrected chi connectivity index (χ4v) is 3.23. The number of hydrogen-bond donors (Lipinski definition) is 0. The molecular formula is C18H30O2Si. The molecule has 0 aromatic rings. The minimum absolute atomic E-state index is 0.259. The van der Waals surface area contributed by atoms with Crippen molar-refractivity contribution in [1.82, 2.24) is 0 Å². The zero-order chi connectivity index (χ0) is 15.9. The first-order valence-electron chi connectivity index (χ1n) is 7.85. The van der Waals surface area contributed by atoms with Gasteiger partial charge in [0.15, 0.2) is 8.32 Å². The molecule has 0 N–H and O–H groups in total. The van der Waals surface area contributed by atoms with E-state index in [0.717, 1.165) is 25.7 Å². The minimum atomic E-state index is -1.67. The topological polar surface area (TPSA) is 26.3 Å². The van der Waals surface area contributed by atoms with E-state index in [0.29, 0.717) is 11.8 Å². The molecule has 0 saturated carbocycles. The maximum absolute atomic E-state index is 10.3. The van der Waals surface area contributed by atoms with Crippen LogP contribution in [0.3, 0.4) is 0 Å². The average Bonchev–Trinajstić information content (AvgIpc) is 2.41. The van der Waals surface area contributed by atoms with E-state index in [4.69, 9.17) is 4.43 Å². The Balaban J connectivity index is 2.62. The van der Waals surface area contributed by atoms with Gasteiger partial charge in [-0.25, -0.2) is 0 Å². The number of rotatable bonds is 6. The Kier molecular flexibility index (Phi) is 6.82. The lowest BCUT2D eigenvalue weighted by Crippen LogP contribution is -2.42. The number of aldehydes is 1. The monoisotopic (exact) mass is 306 g/mol. The minimum Gasteiger partial charge on any atom is -0.417 e. The highest BCUT2D eigenvalue weighted by atomic mass is 28.4. The molecule has 0 aromatic heterocycles. The summed E-state index contributed by atoms with van der Waals surface area (Å²) >= 11 is 0. The van der Waals surface area contributed by atoms with E-state index in [2.05, 4.69) is 52.1 Å². The van der Waals surface area contributed by atoms with Crippen molar-refractivity contribution in [3.05, 3.63) is 36.5 Å². The second kappa shape index (κ2) is 7.90. The highest BCUT2D eigenvalue weighted by Crippen LogP contribution is 2.38. The van der Waals surface area contributed by atoms with Crippen molar-refractivity contribution < 1.29 is 9.22 Å². The molecular weight excluding hydrogens is 276 g/mol. The number of carbonyl (C=O) groups excluding carboxylic acids is 1. The van der Waals surface area contributed by atoms with E-state index in [1.807, 2.05) is 6.08 Å². The van der Waals surface area contributed by atoms with Crippen molar-refractivity contribution in [3.63, 3.8) is 0 Å². The van der Waals surface area contributed by atoms with Gasteiger partial charge in [0.1, 0.15) is 6.29 Å². The fraction of sp³-hybridized carbons (Fsp3) is 0.611. The summed E-state index contributed by atoms with van der Waals surface area (Å²) in [4.78, 5) is 10.3. The van der Waals surface area contributed by atoms with Crippen LogP contribution in [0.4, 0.5) is 0 Å². The highest BCUT2D eigenvalue weighted by Gasteiger charge is 2.38. The molecule has 0 spiro atoms.